The molecule has 1 unspecified atom stereocenters. The van der Waals surface area contributed by atoms with Crippen molar-refractivity contribution in [3.8, 4) is 0 Å². The number of carbonyl (C=O) groups is 1. The Hall–Kier alpha value is -0.410. The van der Waals surface area contributed by atoms with Crippen LogP contribution in [0.1, 0.15) is 59.8 Å². The van der Waals surface area contributed by atoms with Crippen LogP contribution in [-0.2, 0) is 9.53 Å². The van der Waals surface area contributed by atoms with E-state index in [1.165, 1.54) is 6.42 Å². The fraction of sp³-hybridized carbons (Fsp3) is 0.933. The van der Waals surface area contributed by atoms with E-state index in [9.17, 15) is 4.79 Å². The first-order chi connectivity index (χ1) is 8.20. The van der Waals surface area contributed by atoms with Gasteiger partial charge in [-0.15, -0.1) is 0 Å². The Kier molecular flexibility index (Phi) is 3.35. The fourth-order valence-electron chi connectivity index (χ4n) is 3.69. The predicted octanol–water partition coefficient (Wildman–Crippen LogP) is 2.67. The Morgan fingerprint density at radius 3 is 2.22 bits per heavy atom. The van der Waals surface area contributed by atoms with Gasteiger partial charge in [0.2, 0.25) is 0 Å². The van der Waals surface area contributed by atoms with Crippen LogP contribution < -0.4 is 5.73 Å². The van der Waals surface area contributed by atoms with Crippen LogP contribution in [0.4, 0.5) is 0 Å². The average Bonchev–Trinajstić information content (AvgIpc) is 2.40. The van der Waals surface area contributed by atoms with Gasteiger partial charge in [-0.3, -0.25) is 4.79 Å². The Morgan fingerprint density at radius 1 is 1.28 bits per heavy atom. The van der Waals surface area contributed by atoms with Crippen molar-refractivity contribution in [3.05, 3.63) is 0 Å². The number of ether oxygens (including phenoxy) is 1. The monoisotopic (exact) mass is 253 g/mol. The highest BCUT2D eigenvalue weighted by Gasteiger charge is 2.50. The summed E-state index contributed by atoms with van der Waals surface area (Å²) in [5.74, 6) is 0.382. The number of ketones is 1. The maximum absolute atomic E-state index is 12.6. The summed E-state index contributed by atoms with van der Waals surface area (Å²) in [6, 6.07) is 0. The Labute approximate surface area is 110 Å². The highest BCUT2D eigenvalue weighted by Crippen LogP contribution is 2.48. The molecule has 0 aromatic carbocycles. The standard InChI is InChI=1S/C15H27NO2/c1-13(2)8-11(14(3,4)18-13)12(17)9-15(10-16)6-5-7-15/h11H,5-10,16H2,1-4H3. The molecule has 2 fully saturated rings. The van der Waals surface area contributed by atoms with Crippen LogP contribution >= 0.6 is 0 Å². The van der Waals surface area contributed by atoms with Gasteiger partial charge >= 0.3 is 0 Å². The molecule has 1 saturated heterocycles. The molecule has 1 atom stereocenters. The molecule has 2 aliphatic rings. The topological polar surface area (TPSA) is 52.3 Å². The molecular weight excluding hydrogens is 226 g/mol. The van der Waals surface area contributed by atoms with E-state index in [1.54, 1.807) is 0 Å². The number of nitrogens with two attached hydrogens (primary N) is 1. The molecule has 0 bridgehead atoms. The Bertz CT molecular complexity index is 337. The summed E-state index contributed by atoms with van der Waals surface area (Å²) in [6.07, 6.45) is 4.94. The number of Topliss-reactive ketones (excluding diaryl/α,β-unsaturated/α-hetero) is 1. The lowest BCUT2D eigenvalue weighted by Crippen LogP contribution is -2.42. The van der Waals surface area contributed by atoms with Gasteiger partial charge in [0, 0.05) is 12.3 Å². The van der Waals surface area contributed by atoms with E-state index in [1.807, 2.05) is 13.8 Å². The normalized spacial score (nSPS) is 31.9. The second kappa shape index (κ2) is 4.31. The van der Waals surface area contributed by atoms with E-state index in [2.05, 4.69) is 13.8 Å². The van der Waals surface area contributed by atoms with Crippen LogP contribution in [0.15, 0.2) is 0 Å². The van der Waals surface area contributed by atoms with E-state index < -0.39 is 0 Å². The first-order valence-electron chi connectivity index (χ1n) is 7.13. The van der Waals surface area contributed by atoms with Crippen molar-refractivity contribution in [1.29, 1.82) is 0 Å². The van der Waals surface area contributed by atoms with E-state index in [4.69, 9.17) is 10.5 Å². The lowest BCUT2D eigenvalue weighted by Gasteiger charge is -2.41. The van der Waals surface area contributed by atoms with E-state index >= 15 is 0 Å². The molecule has 2 N–H and O–H groups in total. The van der Waals surface area contributed by atoms with Crippen LogP contribution in [0.2, 0.25) is 0 Å². The average molecular weight is 253 g/mol. The minimum atomic E-state index is -0.333. The molecule has 0 amide bonds. The third-order valence-corrected chi connectivity index (χ3v) is 4.86. The maximum Gasteiger partial charge on any atom is 0.139 e. The number of carbonyl (C=O) groups excluding carboxylic acids is 1. The smallest absolute Gasteiger partial charge is 0.139 e. The van der Waals surface area contributed by atoms with Crippen molar-refractivity contribution in [1.82, 2.24) is 0 Å². The highest BCUT2D eigenvalue weighted by atomic mass is 16.5. The summed E-state index contributed by atoms with van der Waals surface area (Å²) in [6.45, 7) is 8.88. The van der Waals surface area contributed by atoms with Gasteiger partial charge in [-0.25, -0.2) is 0 Å². The third kappa shape index (κ3) is 2.48. The van der Waals surface area contributed by atoms with Crippen molar-refractivity contribution in [2.75, 3.05) is 6.54 Å². The minimum absolute atomic E-state index is 0.0246. The van der Waals surface area contributed by atoms with Gasteiger partial charge in [0.1, 0.15) is 5.78 Å². The summed E-state index contributed by atoms with van der Waals surface area (Å²) >= 11 is 0. The number of hydrogen-bond acceptors (Lipinski definition) is 3. The lowest BCUT2D eigenvalue weighted by molar-refractivity contribution is -0.133. The van der Waals surface area contributed by atoms with Gasteiger partial charge in [0.05, 0.1) is 11.2 Å². The van der Waals surface area contributed by atoms with Crippen molar-refractivity contribution in [3.63, 3.8) is 0 Å². The first-order valence-corrected chi connectivity index (χ1v) is 7.13. The molecule has 18 heavy (non-hydrogen) atoms. The molecule has 1 heterocycles. The van der Waals surface area contributed by atoms with Crippen LogP contribution in [0.3, 0.4) is 0 Å². The van der Waals surface area contributed by atoms with E-state index in [0.717, 1.165) is 19.3 Å². The molecule has 1 saturated carbocycles. The second-order valence-corrected chi connectivity index (χ2v) is 7.42. The summed E-state index contributed by atoms with van der Waals surface area (Å²) in [7, 11) is 0. The van der Waals surface area contributed by atoms with Crippen molar-refractivity contribution in [2.24, 2.45) is 17.1 Å². The molecule has 1 aliphatic carbocycles. The molecule has 2 rings (SSSR count). The van der Waals surface area contributed by atoms with Crippen LogP contribution in [-0.4, -0.2) is 23.5 Å². The summed E-state index contributed by atoms with van der Waals surface area (Å²) in [5, 5.41) is 0. The van der Waals surface area contributed by atoms with E-state index in [0.29, 0.717) is 18.7 Å². The molecular formula is C15H27NO2. The van der Waals surface area contributed by atoms with Gasteiger partial charge < -0.3 is 10.5 Å². The third-order valence-electron chi connectivity index (χ3n) is 4.86. The lowest BCUT2D eigenvalue weighted by atomic mass is 9.64. The van der Waals surface area contributed by atoms with Gasteiger partial charge in [-0.05, 0) is 58.9 Å². The summed E-state index contributed by atoms with van der Waals surface area (Å²) in [5.41, 5.74) is 5.45. The first kappa shape index (κ1) is 14.0. The second-order valence-electron chi connectivity index (χ2n) is 7.42. The predicted molar refractivity (Wildman–Crippen MR) is 72.3 cm³/mol. The molecule has 3 heteroatoms. The molecule has 0 spiro atoms. The summed E-state index contributed by atoms with van der Waals surface area (Å²) < 4.78 is 6.02. The molecule has 0 radical (unpaired) electrons. The minimum Gasteiger partial charge on any atom is -0.369 e. The van der Waals surface area contributed by atoms with Gasteiger partial charge in [-0.1, -0.05) is 6.42 Å². The molecule has 0 aromatic heterocycles. The largest absolute Gasteiger partial charge is 0.369 e. The SMILES string of the molecule is CC1(C)CC(C(=O)CC2(CN)CCC2)C(C)(C)O1. The zero-order valence-electron chi connectivity index (χ0n) is 12.2. The van der Waals surface area contributed by atoms with Crippen LogP contribution in [0.5, 0.6) is 0 Å². The van der Waals surface area contributed by atoms with Crippen LogP contribution in [0.25, 0.3) is 0 Å². The van der Waals surface area contributed by atoms with Gasteiger partial charge in [-0.2, -0.15) is 0 Å². The molecule has 1 aliphatic heterocycles. The quantitative estimate of drug-likeness (QED) is 0.838. The number of hydrogen-bond donors (Lipinski definition) is 1. The maximum atomic E-state index is 12.6. The zero-order chi connectivity index (χ0) is 13.6. The van der Waals surface area contributed by atoms with Crippen molar-refractivity contribution in [2.45, 2.75) is 71.0 Å². The number of rotatable bonds is 4. The Balaban J connectivity index is 2.05. The molecule has 104 valence electrons. The van der Waals surface area contributed by atoms with E-state index in [-0.39, 0.29) is 22.5 Å². The highest BCUT2D eigenvalue weighted by molar-refractivity contribution is 5.83. The molecule has 0 aromatic rings. The fourth-order valence-corrected chi connectivity index (χ4v) is 3.69. The van der Waals surface area contributed by atoms with Crippen LogP contribution in [0, 0.1) is 11.3 Å². The summed E-state index contributed by atoms with van der Waals surface area (Å²) in [4.78, 5) is 12.6. The molecule has 3 nitrogen and oxygen atoms in total. The zero-order valence-corrected chi connectivity index (χ0v) is 12.2. The van der Waals surface area contributed by atoms with Crippen molar-refractivity contribution >= 4 is 5.78 Å². The van der Waals surface area contributed by atoms with Gasteiger partial charge in [0.25, 0.3) is 0 Å². The Morgan fingerprint density at radius 2 is 1.89 bits per heavy atom. The van der Waals surface area contributed by atoms with Gasteiger partial charge in [0.15, 0.2) is 0 Å². The van der Waals surface area contributed by atoms with Crippen molar-refractivity contribution < 1.29 is 9.53 Å².